The topological polar surface area (TPSA) is 97.3 Å². The predicted molar refractivity (Wildman–Crippen MR) is 106 cm³/mol. The summed E-state index contributed by atoms with van der Waals surface area (Å²) in [6, 6.07) is 9.38. The van der Waals surface area contributed by atoms with Gasteiger partial charge in [-0.25, -0.2) is 4.68 Å². The van der Waals surface area contributed by atoms with Crippen molar-refractivity contribution in [3.05, 3.63) is 41.6 Å². The quantitative estimate of drug-likeness (QED) is 0.679. The highest BCUT2D eigenvalue weighted by molar-refractivity contribution is 5.91. The third kappa shape index (κ3) is 5.10. The van der Waals surface area contributed by atoms with Crippen molar-refractivity contribution < 1.29 is 14.3 Å². The lowest BCUT2D eigenvalue weighted by atomic mass is 10.1. The van der Waals surface area contributed by atoms with Crippen molar-refractivity contribution in [3.63, 3.8) is 0 Å². The molecule has 0 radical (unpaired) electrons. The zero-order valence-electron chi connectivity index (χ0n) is 16.5. The molecule has 0 aliphatic carbocycles. The molecule has 3 rings (SSSR count). The second kappa shape index (κ2) is 8.88. The second-order valence-corrected chi connectivity index (χ2v) is 7.10. The third-order valence-corrected chi connectivity index (χ3v) is 4.49. The average Bonchev–Trinajstić information content (AvgIpc) is 3.00. The number of aryl methyl sites for hydroxylation is 2. The molecule has 1 saturated heterocycles. The Bertz CT molecular complexity index is 848. The Balaban J connectivity index is 1.66. The van der Waals surface area contributed by atoms with E-state index in [4.69, 9.17) is 4.74 Å². The first-order valence-corrected chi connectivity index (χ1v) is 9.55. The number of nitrogens with zero attached hydrogens (tertiary/aromatic N) is 2. The maximum Gasteiger partial charge on any atom is 0.263 e. The normalized spacial score (nSPS) is 19.2. The van der Waals surface area contributed by atoms with Gasteiger partial charge in [-0.3, -0.25) is 14.9 Å². The van der Waals surface area contributed by atoms with Gasteiger partial charge in [0, 0.05) is 18.5 Å². The number of aromatic nitrogens is 2. The maximum absolute atomic E-state index is 12.4. The number of hydrogen-bond donors (Lipinski definition) is 3. The van der Waals surface area contributed by atoms with Gasteiger partial charge in [-0.2, -0.15) is 5.10 Å². The van der Waals surface area contributed by atoms with Crippen LogP contribution in [0, 0.1) is 13.8 Å². The number of hydrogen-bond acceptors (Lipinski definition) is 5. The zero-order valence-corrected chi connectivity index (χ0v) is 16.5. The molecule has 3 N–H and O–H groups in total. The smallest absolute Gasteiger partial charge is 0.263 e. The fourth-order valence-electron chi connectivity index (χ4n) is 3.26. The molecule has 1 aliphatic heterocycles. The molecule has 1 aromatic heterocycles. The first-order valence-electron chi connectivity index (χ1n) is 9.55. The maximum atomic E-state index is 12.4. The van der Waals surface area contributed by atoms with Crippen LogP contribution in [0.1, 0.15) is 43.7 Å². The van der Waals surface area contributed by atoms with Crippen molar-refractivity contribution in [1.82, 2.24) is 20.4 Å². The number of amides is 2. The van der Waals surface area contributed by atoms with Crippen LogP contribution < -0.4 is 20.7 Å². The number of carbonyl (C=O) groups is 2. The van der Waals surface area contributed by atoms with Crippen LogP contribution in [0.25, 0.3) is 0 Å². The van der Waals surface area contributed by atoms with E-state index in [1.807, 2.05) is 38.1 Å². The molecule has 8 nitrogen and oxygen atoms in total. The fourth-order valence-corrected chi connectivity index (χ4v) is 3.26. The lowest BCUT2D eigenvalue weighted by molar-refractivity contribution is -0.125. The highest BCUT2D eigenvalue weighted by Crippen LogP contribution is 2.19. The number of rotatable bonds is 7. The van der Waals surface area contributed by atoms with E-state index in [0.29, 0.717) is 18.0 Å². The van der Waals surface area contributed by atoms with E-state index in [-0.39, 0.29) is 24.5 Å². The van der Waals surface area contributed by atoms with Gasteiger partial charge in [-0.1, -0.05) is 25.5 Å². The van der Waals surface area contributed by atoms with Crippen molar-refractivity contribution in [2.24, 2.45) is 0 Å². The fraction of sp³-hybridized carbons (Fsp3) is 0.450. The summed E-state index contributed by atoms with van der Waals surface area (Å²) in [7, 11) is 0. The van der Waals surface area contributed by atoms with E-state index in [0.717, 1.165) is 24.1 Å². The molecule has 2 atom stereocenters. The molecule has 2 unspecified atom stereocenters. The lowest BCUT2D eigenvalue weighted by Gasteiger charge is -2.32. The number of benzene rings is 1. The first kappa shape index (κ1) is 19.9. The summed E-state index contributed by atoms with van der Waals surface area (Å²) in [5, 5.41) is 13.5. The summed E-state index contributed by atoms with van der Waals surface area (Å²) < 4.78 is 7.15. The number of ether oxygens (including phenoxy) is 1. The van der Waals surface area contributed by atoms with Crippen LogP contribution in [-0.2, 0) is 9.59 Å². The van der Waals surface area contributed by atoms with Gasteiger partial charge < -0.3 is 15.4 Å². The molecule has 150 valence electrons. The molecule has 0 bridgehead atoms. The van der Waals surface area contributed by atoms with Gasteiger partial charge in [0.25, 0.3) is 5.91 Å². The Morgan fingerprint density at radius 3 is 2.93 bits per heavy atom. The molecule has 0 saturated carbocycles. The van der Waals surface area contributed by atoms with E-state index in [1.165, 1.54) is 0 Å². The molecule has 8 heteroatoms. The summed E-state index contributed by atoms with van der Waals surface area (Å²) >= 11 is 0. The molecule has 0 spiro atoms. The van der Waals surface area contributed by atoms with Gasteiger partial charge in [0.2, 0.25) is 5.91 Å². The molecule has 28 heavy (non-hydrogen) atoms. The molecule has 2 heterocycles. The monoisotopic (exact) mass is 385 g/mol. The molecule has 2 aromatic rings. The van der Waals surface area contributed by atoms with Crippen LogP contribution in [0.3, 0.4) is 0 Å². The van der Waals surface area contributed by atoms with Gasteiger partial charge in [0.15, 0.2) is 12.9 Å². The Morgan fingerprint density at radius 2 is 2.18 bits per heavy atom. The summed E-state index contributed by atoms with van der Waals surface area (Å²) in [5.74, 6) is 0.819. The highest BCUT2D eigenvalue weighted by atomic mass is 16.5. The summed E-state index contributed by atoms with van der Waals surface area (Å²) in [6.07, 6.45) is 1.82. The van der Waals surface area contributed by atoms with Crippen LogP contribution in [0.15, 0.2) is 30.3 Å². The van der Waals surface area contributed by atoms with Gasteiger partial charge in [0.05, 0.1) is 5.69 Å². The summed E-state index contributed by atoms with van der Waals surface area (Å²) in [5.41, 5.74) is 1.80. The van der Waals surface area contributed by atoms with E-state index in [1.54, 1.807) is 10.7 Å². The standard InChI is InChI=1S/C20H27N5O3/c1-4-6-15-11-18(26)23-20(21-15)25-17(10-14(3)24-25)22-19(27)12-28-16-8-5-7-13(2)9-16/h5,7-10,15,20-21H,4,6,11-12H2,1-3H3,(H,22,27)(H,23,26). The van der Waals surface area contributed by atoms with Crippen LogP contribution in [0.4, 0.5) is 5.82 Å². The van der Waals surface area contributed by atoms with Gasteiger partial charge >= 0.3 is 0 Å². The minimum Gasteiger partial charge on any atom is -0.484 e. The average molecular weight is 385 g/mol. The number of nitrogens with one attached hydrogen (secondary N) is 3. The lowest BCUT2D eigenvalue weighted by Crippen LogP contribution is -2.53. The Hall–Kier alpha value is -2.87. The summed E-state index contributed by atoms with van der Waals surface area (Å²) in [4.78, 5) is 24.4. The molecule has 1 aliphatic rings. The predicted octanol–water partition coefficient (Wildman–Crippen LogP) is 2.25. The zero-order chi connectivity index (χ0) is 20.1. The van der Waals surface area contributed by atoms with Crippen LogP contribution in [0.2, 0.25) is 0 Å². The largest absolute Gasteiger partial charge is 0.484 e. The van der Waals surface area contributed by atoms with Crippen molar-refractivity contribution >= 4 is 17.6 Å². The van der Waals surface area contributed by atoms with Crippen molar-refractivity contribution in [3.8, 4) is 5.75 Å². The number of anilines is 1. The van der Waals surface area contributed by atoms with Gasteiger partial charge in [-0.05, 0) is 38.0 Å². The first-order chi connectivity index (χ1) is 13.4. The minimum atomic E-state index is -0.500. The molecule has 2 amide bonds. The second-order valence-electron chi connectivity index (χ2n) is 7.10. The number of carbonyl (C=O) groups excluding carboxylic acids is 2. The van der Waals surface area contributed by atoms with Crippen LogP contribution >= 0.6 is 0 Å². The molecular weight excluding hydrogens is 358 g/mol. The van der Waals surface area contributed by atoms with Crippen LogP contribution in [-0.4, -0.2) is 34.2 Å². The highest BCUT2D eigenvalue weighted by Gasteiger charge is 2.28. The van der Waals surface area contributed by atoms with E-state index < -0.39 is 6.29 Å². The Labute approximate surface area is 164 Å². The van der Waals surface area contributed by atoms with Crippen molar-refractivity contribution in [2.75, 3.05) is 11.9 Å². The van der Waals surface area contributed by atoms with E-state index >= 15 is 0 Å². The SMILES string of the molecule is CCCC1CC(=O)NC(n2nc(C)cc2NC(=O)COc2cccc(C)c2)N1. The molecule has 1 aromatic carbocycles. The van der Waals surface area contributed by atoms with Gasteiger partial charge in [-0.15, -0.1) is 0 Å². The van der Waals surface area contributed by atoms with Crippen LogP contribution in [0.5, 0.6) is 5.75 Å². The van der Waals surface area contributed by atoms with Crippen molar-refractivity contribution in [1.29, 1.82) is 0 Å². The van der Waals surface area contributed by atoms with Crippen molar-refractivity contribution in [2.45, 2.75) is 52.4 Å². The van der Waals surface area contributed by atoms with Gasteiger partial charge in [0.1, 0.15) is 11.6 Å². The summed E-state index contributed by atoms with van der Waals surface area (Å²) in [6.45, 7) is 5.77. The van der Waals surface area contributed by atoms with E-state index in [9.17, 15) is 9.59 Å². The third-order valence-electron chi connectivity index (χ3n) is 4.49. The minimum absolute atomic E-state index is 0.0320. The van der Waals surface area contributed by atoms with E-state index in [2.05, 4.69) is 28.0 Å². The Morgan fingerprint density at radius 1 is 1.36 bits per heavy atom. The molecular formula is C20H27N5O3. The Kier molecular flexibility index (Phi) is 6.30. The molecule has 1 fully saturated rings.